The van der Waals surface area contributed by atoms with Gasteiger partial charge in [-0.2, -0.15) is 0 Å². The van der Waals surface area contributed by atoms with Crippen LogP contribution in [0.5, 0.6) is 0 Å². The molecule has 0 spiro atoms. The van der Waals surface area contributed by atoms with Crippen LogP contribution in [-0.2, 0) is 0 Å². The van der Waals surface area contributed by atoms with Crippen molar-refractivity contribution in [1.82, 2.24) is 0 Å². The molecule has 3 heteroatoms. The van der Waals surface area contributed by atoms with Crippen LogP contribution in [0.1, 0.15) is 26.7 Å². The Hall–Kier alpha value is 0.280. The number of halogens is 2. The second-order valence-electron chi connectivity index (χ2n) is 3.48. The van der Waals surface area contributed by atoms with Gasteiger partial charge in [-0.05, 0) is 26.7 Å². The summed E-state index contributed by atoms with van der Waals surface area (Å²) < 4.78 is 0. The Morgan fingerprint density at radius 2 is 2.00 bits per heavy atom. The lowest BCUT2D eigenvalue weighted by Crippen LogP contribution is -2.33. The van der Waals surface area contributed by atoms with E-state index in [0.29, 0.717) is 6.42 Å². The van der Waals surface area contributed by atoms with Crippen molar-refractivity contribution in [3.63, 3.8) is 0 Å². The fourth-order valence-corrected chi connectivity index (χ4v) is 1.40. The zero-order chi connectivity index (χ0) is 9.78. The van der Waals surface area contributed by atoms with Crippen LogP contribution in [0.25, 0.3) is 0 Å². The maximum atomic E-state index is 9.49. The molecular formula is C9H16Cl2O. The predicted molar refractivity (Wildman–Crippen MR) is 55.0 cm³/mol. The topological polar surface area (TPSA) is 20.2 Å². The second kappa shape index (κ2) is 5.11. The highest BCUT2D eigenvalue weighted by Crippen LogP contribution is 2.23. The first kappa shape index (κ1) is 12.3. The zero-order valence-electron chi connectivity index (χ0n) is 7.56. The van der Waals surface area contributed by atoms with Gasteiger partial charge < -0.3 is 5.11 Å². The Morgan fingerprint density at radius 1 is 1.50 bits per heavy atom. The highest BCUT2D eigenvalue weighted by atomic mass is 35.5. The Morgan fingerprint density at radius 3 is 2.33 bits per heavy atom. The minimum atomic E-state index is -0.865. The molecule has 0 bridgehead atoms. The van der Waals surface area contributed by atoms with Gasteiger partial charge in [0, 0.05) is 5.38 Å². The van der Waals surface area contributed by atoms with Crippen LogP contribution >= 0.6 is 23.2 Å². The van der Waals surface area contributed by atoms with E-state index in [0.717, 1.165) is 6.42 Å². The molecule has 72 valence electrons. The van der Waals surface area contributed by atoms with Gasteiger partial charge >= 0.3 is 0 Å². The van der Waals surface area contributed by atoms with Gasteiger partial charge in [-0.3, -0.25) is 0 Å². The summed E-state index contributed by atoms with van der Waals surface area (Å²) in [6.45, 7) is 6.95. The van der Waals surface area contributed by atoms with E-state index in [9.17, 15) is 5.11 Å². The van der Waals surface area contributed by atoms with E-state index in [1.807, 2.05) is 0 Å². The van der Waals surface area contributed by atoms with Crippen molar-refractivity contribution < 1.29 is 5.11 Å². The van der Waals surface area contributed by atoms with Crippen molar-refractivity contribution in [1.29, 1.82) is 0 Å². The summed E-state index contributed by atoms with van der Waals surface area (Å²) in [5.74, 6) is 0. The molecule has 2 unspecified atom stereocenters. The predicted octanol–water partition coefficient (Wildman–Crippen LogP) is 2.94. The smallest absolute Gasteiger partial charge is 0.0755 e. The van der Waals surface area contributed by atoms with Gasteiger partial charge in [0.25, 0.3) is 0 Å². The SMILES string of the molecule is C=CCC(Cl)CC(Cl)C(C)(C)O. The molecule has 12 heavy (non-hydrogen) atoms. The summed E-state index contributed by atoms with van der Waals surface area (Å²) in [5, 5.41) is 9.15. The Balaban J connectivity index is 3.83. The van der Waals surface area contributed by atoms with Crippen LogP contribution in [0.2, 0.25) is 0 Å². The monoisotopic (exact) mass is 210 g/mol. The summed E-state index contributed by atoms with van der Waals surface area (Å²) in [6, 6.07) is 0. The van der Waals surface area contributed by atoms with Crippen LogP contribution in [0.4, 0.5) is 0 Å². The molecule has 0 radical (unpaired) electrons. The van der Waals surface area contributed by atoms with E-state index >= 15 is 0 Å². The molecule has 0 aliphatic carbocycles. The fourth-order valence-electron chi connectivity index (χ4n) is 0.790. The van der Waals surface area contributed by atoms with Crippen molar-refractivity contribution in [2.24, 2.45) is 0 Å². The average molecular weight is 211 g/mol. The fraction of sp³-hybridized carbons (Fsp3) is 0.778. The van der Waals surface area contributed by atoms with Gasteiger partial charge in [0.15, 0.2) is 0 Å². The zero-order valence-corrected chi connectivity index (χ0v) is 9.07. The van der Waals surface area contributed by atoms with Crippen molar-refractivity contribution in [2.75, 3.05) is 0 Å². The molecule has 0 heterocycles. The molecule has 1 N–H and O–H groups in total. The molecule has 0 aliphatic rings. The number of alkyl halides is 2. The molecule has 0 aliphatic heterocycles. The molecule has 0 saturated heterocycles. The van der Waals surface area contributed by atoms with Gasteiger partial charge in [0.2, 0.25) is 0 Å². The van der Waals surface area contributed by atoms with E-state index in [-0.39, 0.29) is 10.8 Å². The van der Waals surface area contributed by atoms with Crippen molar-refractivity contribution >= 4 is 23.2 Å². The number of allylic oxidation sites excluding steroid dienone is 1. The lowest BCUT2D eigenvalue weighted by atomic mass is 10.00. The van der Waals surface area contributed by atoms with Gasteiger partial charge in [-0.25, -0.2) is 0 Å². The summed E-state index contributed by atoms with van der Waals surface area (Å²) in [7, 11) is 0. The van der Waals surface area contributed by atoms with E-state index in [2.05, 4.69) is 6.58 Å². The minimum Gasteiger partial charge on any atom is -0.389 e. The average Bonchev–Trinajstić information content (AvgIpc) is 1.85. The van der Waals surface area contributed by atoms with E-state index < -0.39 is 5.60 Å². The van der Waals surface area contributed by atoms with Crippen molar-refractivity contribution in [2.45, 2.75) is 43.0 Å². The first-order chi connectivity index (χ1) is 5.38. The summed E-state index contributed by atoms with van der Waals surface area (Å²) in [4.78, 5) is 0. The van der Waals surface area contributed by atoms with Crippen molar-refractivity contribution in [3.8, 4) is 0 Å². The van der Waals surface area contributed by atoms with E-state index in [1.54, 1.807) is 19.9 Å². The molecule has 0 saturated carbocycles. The minimum absolute atomic E-state index is 0.0311. The van der Waals surface area contributed by atoms with Gasteiger partial charge in [-0.1, -0.05) is 6.08 Å². The molecule has 0 aromatic heterocycles. The van der Waals surface area contributed by atoms with Gasteiger partial charge in [-0.15, -0.1) is 29.8 Å². The third kappa shape index (κ3) is 5.02. The lowest BCUT2D eigenvalue weighted by Gasteiger charge is -2.25. The molecule has 0 aromatic rings. The first-order valence-electron chi connectivity index (χ1n) is 3.99. The van der Waals surface area contributed by atoms with E-state index in [1.165, 1.54) is 0 Å². The highest BCUT2D eigenvalue weighted by Gasteiger charge is 2.26. The number of aliphatic hydroxyl groups is 1. The maximum absolute atomic E-state index is 9.49. The second-order valence-corrected chi connectivity index (χ2v) is 4.62. The van der Waals surface area contributed by atoms with Crippen LogP contribution in [-0.4, -0.2) is 21.5 Å². The molecule has 0 aromatic carbocycles. The molecule has 0 fully saturated rings. The number of hydrogen-bond donors (Lipinski definition) is 1. The Bertz CT molecular complexity index is 140. The summed E-state index contributed by atoms with van der Waals surface area (Å²) in [5.41, 5.74) is -0.865. The normalized spacial score (nSPS) is 17.1. The molecule has 2 atom stereocenters. The third-order valence-electron chi connectivity index (χ3n) is 1.65. The van der Waals surface area contributed by atoms with Gasteiger partial charge in [0.1, 0.15) is 0 Å². The molecular weight excluding hydrogens is 195 g/mol. The van der Waals surface area contributed by atoms with Crippen LogP contribution in [0.15, 0.2) is 12.7 Å². The Labute approximate surface area is 84.4 Å². The quantitative estimate of drug-likeness (QED) is 0.547. The summed E-state index contributed by atoms with van der Waals surface area (Å²) in [6.07, 6.45) is 3.07. The lowest BCUT2D eigenvalue weighted by molar-refractivity contribution is 0.0727. The standard InChI is InChI=1S/C9H16Cl2O/c1-4-5-7(10)6-8(11)9(2,3)12/h4,7-8,12H,1,5-6H2,2-3H3. The number of hydrogen-bond acceptors (Lipinski definition) is 1. The van der Waals surface area contributed by atoms with Crippen LogP contribution in [0.3, 0.4) is 0 Å². The molecule has 1 nitrogen and oxygen atoms in total. The van der Waals surface area contributed by atoms with Crippen LogP contribution < -0.4 is 0 Å². The third-order valence-corrected chi connectivity index (χ3v) is 2.72. The molecule has 0 amide bonds. The highest BCUT2D eigenvalue weighted by molar-refractivity contribution is 6.24. The summed E-state index contributed by atoms with van der Waals surface area (Å²) >= 11 is 11.8. The largest absolute Gasteiger partial charge is 0.389 e. The molecule has 0 rings (SSSR count). The van der Waals surface area contributed by atoms with Crippen molar-refractivity contribution in [3.05, 3.63) is 12.7 Å². The first-order valence-corrected chi connectivity index (χ1v) is 4.86. The van der Waals surface area contributed by atoms with Crippen LogP contribution in [0, 0.1) is 0 Å². The van der Waals surface area contributed by atoms with E-state index in [4.69, 9.17) is 23.2 Å². The number of rotatable bonds is 5. The van der Waals surface area contributed by atoms with Gasteiger partial charge in [0.05, 0.1) is 11.0 Å². The maximum Gasteiger partial charge on any atom is 0.0755 e. The Kier molecular flexibility index (Phi) is 5.22.